The molecule has 0 aromatic heterocycles. The van der Waals surface area contributed by atoms with Gasteiger partial charge in [-0.05, 0) is 32.9 Å². The molecule has 0 aromatic rings. The number of urea groups is 1. The van der Waals surface area contributed by atoms with Crippen molar-refractivity contribution in [2.45, 2.75) is 37.8 Å². The van der Waals surface area contributed by atoms with Gasteiger partial charge >= 0.3 is 23.9 Å². The average molecular weight is 319 g/mol. The lowest BCUT2D eigenvalue weighted by molar-refractivity contribution is -0.145. The first-order valence-corrected chi connectivity index (χ1v) is 6.67. The SMILES string of the molecule is CNCCCCC(NC(=O)NC(CC(=O)O)C(=O)O)C(=O)O. The number of carboxylic acids is 3. The third kappa shape index (κ3) is 8.74. The number of nitrogens with one attached hydrogen (secondary N) is 3. The first-order valence-electron chi connectivity index (χ1n) is 6.67. The number of carboxylic acid groups (broad SMARTS) is 3. The third-order valence-electron chi connectivity index (χ3n) is 2.76. The quantitative estimate of drug-likeness (QED) is 0.265. The molecular weight excluding hydrogens is 298 g/mol. The van der Waals surface area contributed by atoms with Crippen molar-refractivity contribution < 1.29 is 34.5 Å². The van der Waals surface area contributed by atoms with E-state index in [9.17, 15) is 19.2 Å². The summed E-state index contributed by atoms with van der Waals surface area (Å²) in [5.41, 5.74) is 0. The van der Waals surface area contributed by atoms with Gasteiger partial charge in [-0.25, -0.2) is 14.4 Å². The monoisotopic (exact) mass is 319 g/mol. The Morgan fingerprint density at radius 1 is 0.909 bits per heavy atom. The Morgan fingerprint density at radius 3 is 1.91 bits per heavy atom. The molecule has 0 heterocycles. The van der Waals surface area contributed by atoms with Crippen LogP contribution < -0.4 is 16.0 Å². The topological polar surface area (TPSA) is 165 Å². The van der Waals surface area contributed by atoms with Crippen molar-refractivity contribution in [2.24, 2.45) is 0 Å². The number of unbranched alkanes of at least 4 members (excludes halogenated alkanes) is 1. The summed E-state index contributed by atoms with van der Waals surface area (Å²) in [7, 11) is 1.76. The predicted molar refractivity (Wildman–Crippen MR) is 74.5 cm³/mol. The van der Waals surface area contributed by atoms with Crippen LogP contribution in [0.25, 0.3) is 0 Å². The van der Waals surface area contributed by atoms with E-state index in [1.165, 1.54) is 0 Å². The number of carbonyl (C=O) groups is 4. The van der Waals surface area contributed by atoms with E-state index in [4.69, 9.17) is 15.3 Å². The highest BCUT2D eigenvalue weighted by atomic mass is 16.4. The normalized spacial score (nSPS) is 13.0. The van der Waals surface area contributed by atoms with Gasteiger partial charge in [0.15, 0.2) is 0 Å². The molecule has 6 N–H and O–H groups in total. The molecule has 0 aliphatic carbocycles. The fraction of sp³-hybridized carbons (Fsp3) is 0.667. The molecule has 2 atom stereocenters. The van der Waals surface area contributed by atoms with E-state index in [1.807, 2.05) is 5.32 Å². The Bertz CT molecular complexity index is 414. The second-order valence-corrected chi connectivity index (χ2v) is 4.60. The molecule has 0 bridgehead atoms. The van der Waals surface area contributed by atoms with Crippen LogP contribution in [0.5, 0.6) is 0 Å². The molecule has 0 spiro atoms. The van der Waals surface area contributed by atoms with Crippen molar-refractivity contribution in [3.63, 3.8) is 0 Å². The van der Waals surface area contributed by atoms with Crippen molar-refractivity contribution in [1.29, 1.82) is 0 Å². The van der Waals surface area contributed by atoms with E-state index in [0.717, 1.165) is 6.42 Å². The third-order valence-corrected chi connectivity index (χ3v) is 2.76. The minimum absolute atomic E-state index is 0.182. The fourth-order valence-corrected chi connectivity index (χ4v) is 1.64. The molecule has 0 saturated heterocycles. The number of rotatable bonds is 11. The van der Waals surface area contributed by atoms with Gasteiger partial charge in [0.25, 0.3) is 0 Å². The highest BCUT2D eigenvalue weighted by Crippen LogP contribution is 2.01. The maximum atomic E-state index is 11.6. The minimum atomic E-state index is -1.63. The molecule has 0 radical (unpaired) electrons. The molecule has 2 unspecified atom stereocenters. The summed E-state index contributed by atoms with van der Waals surface area (Å²) >= 11 is 0. The van der Waals surface area contributed by atoms with Crippen LogP contribution in [0, 0.1) is 0 Å². The van der Waals surface area contributed by atoms with Crippen LogP contribution in [0.3, 0.4) is 0 Å². The van der Waals surface area contributed by atoms with Crippen LogP contribution in [-0.4, -0.2) is 64.9 Å². The second-order valence-electron chi connectivity index (χ2n) is 4.60. The summed E-state index contributed by atoms with van der Waals surface area (Å²) in [4.78, 5) is 43.9. The lowest BCUT2D eigenvalue weighted by Gasteiger charge is -2.17. The highest BCUT2D eigenvalue weighted by molar-refractivity contribution is 5.88. The summed E-state index contributed by atoms with van der Waals surface area (Å²) < 4.78 is 0. The van der Waals surface area contributed by atoms with E-state index >= 15 is 0 Å². The smallest absolute Gasteiger partial charge is 0.326 e. The maximum Gasteiger partial charge on any atom is 0.326 e. The molecule has 0 aromatic carbocycles. The number of hydrogen-bond donors (Lipinski definition) is 6. The van der Waals surface area contributed by atoms with Crippen LogP contribution in [-0.2, 0) is 14.4 Å². The van der Waals surface area contributed by atoms with Gasteiger partial charge < -0.3 is 31.3 Å². The van der Waals surface area contributed by atoms with Crippen LogP contribution in [0.15, 0.2) is 0 Å². The lowest BCUT2D eigenvalue weighted by Crippen LogP contribution is -2.51. The molecule has 126 valence electrons. The maximum absolute atomic E-state index is 11.6. The zero-order valence-electron chi connectivity index (χ0n) is 12.2. The highest BCUT2D eigenvalue weighted by Gasteiger charge is 2.25. The van der Waals surface area contributed by atoms with E-state index in [0.29, 0.717) is 13.0 Å². The number of carbonyl (C=O) groups excluding carboxylic acids is 1. The zero-order valence-corrected chi connectivity index (χ0v) is 12.2. The van der Waals surface area contributed by atoms with Crippen molar-refractivity contribution in [3.05, 3.63) is 0 Å². The molecule has 10 heteroatoms. The predicted octanol–water partition coefficient (Wildman–Crippen LogP) is -0.944. The fourth-order valence-electron chi connectivity index (χ4n) is 1.64. The molecule has 10 nitrogen and oxygen atoms in total. The first-order chi connectivity index (χ1) is 10.3. The van der Waals surface area contributed by atoms with Gasteiger partial charge in [-0.3, -0.25) is 4.79 Å². The van der Waals surface area contributed by atoms with Gasteiger partial charge in [0.05, 0.1) is 6.42 Å². The lowest BCUT2D eigenvalue weighted by atomic mass is 10.1. The van der Waals surface area contributed by atoms with E-state index < -0.39 is 42.4 Å². The number of hydrogen-bond acceptors (Lipinski definition) is 5. The molecule has 0 rings (SSSR count). The number of amides is 2. The van der Waals surface area contributed by atoms with Crippen LogP contribution in [0.2, 0.25) is 0 Å². The Kier molecular flexibility index (Phi) is 9.27. The Balaban J connectivity index is 4.45. The Labute approximate surface area is 126 Å². The van der Waals surface area contributed by atoms with Gasteiger partial charge in [0.1, 0.15) is 12.1 Å². The summed E-state index contributed by atoms with van der Waals surface area (Å²) in [6.07, 6.45) is 0.652. The largest absolute Gasteiger partial charge is 0.481 e. The average Bonchev–Trinajstić information content (AvgIpc) is 2.40. The minimum Gasteiger partial charge on any atom is -0.481 e. The molecular formula is C12H21N3O7. The molecule has 0 aliphatic heterocycles. The van der Waals surface area contributed by atoms with E-state index in [-0.39, 0.29) is 6.42 Å². The van der Waals surface area contributed by atoms with Gasteiger partial charge in [-0.15, -0.1) is 0 Å². The summed E-state index contributed by atoms with van der Waals surface area (Å²) in [5.74, 6) is -4.15. The summed E-state index contributed by atoms with van der Waals surface area (Å²) in [5, 5.41) is 33.3. The Hall–Kier alpha value is -2.36. The first kappa shape index (κ1) is 19.6. The van der Waals surface area contributed by atoms with E-state index in [2.05, 4.69) is 10.6 Å². The Morgan fingerprint density at radius 2 is 1.45 bits per heavy atom. The van der Waals surface area contributed by atoms with Gasteiger partial charge in [0.2, 0.25) is 0 Å². The van der Waals surface area contributed by atoms with Crippen LogP contribution in [0.4, 0.5) is 4.79 Å². The standard InChI is InChI=1S/C12H21N3O7/c1-13-5-3-2-4-7(10(18)19)14-12(22)15-8(11(20)21)6-9(16)17/h7-8,13H,2-6H2,1H3,(H,16,17)(H,18,19)(H,20,21)(H2,14,15,22). The zero-order chi connectivity index (χ0) is 17.1. The van der Waals surface area contributed by atoms with Gasteiger partial charge in [0, 0.05) is 0 Å². The number of aliphatic carboxylic acids is 3. The summed E-state index contributed by atoms with van der Waals surface area (Å²) in [6.45, 7) is 0.707. The molecule has 2 amide bonds. The summed E-state index contributed by atoms with van der Waals surface area (Å²) in [6, 6.07) is -3.83. The van der Waals surface area contributed by atoms with Crippen LogP contribution >= 0.6 is 0 Å². The molecule has 0 saturated carbocycles. The van der Waals surface area contributed by atoms with Gasteiger partial charge in [-0.1, -0.05) is 0 Å². The van der Waals surface area contributed by atoms with Crippen LogP contribution in [0.1, 0.15) is 25.7 Å². The van der Waals surface area contributed by atoms with Gasteiger partial charge in [-0.2, -0.15) is 0 Å². The second kappa shape index (κ2) is 10.4. The molecule has 0 aliphatic rings. The molecule has 22 heavy (non-hydrogen) atoms. The molecule has 0 fully saturated rings. The van der Waals surface area contributed by atoms with Crippen molar-refractivity contribution in [1.82, 2.24) is 16.0 Å². The van der Waals surface area contributed by atoms with Crippen molar-refractivity contribution >= 4 is 23.9 Å². The van der Waals surface area contributed by atoms with Crippen molar-refractivity contribution in [2.75, 3.05) is 13.6 Å². The van der Waals surface area contributed by atoms with E-state index in [1.54, 1.807) is 7.05 Å². The van der Waals surface area contributed by atoms with Crippen molar-refractivity contribution in [3.8, 4) is 0 Å².